The summed E-state index contributed by atoms with van der Waals surface area (Å²) < 4.78 is 11.6. The lowest BCUT2D eigenvalue weighted by atomic mass is 9.43. The van der Waals surface area contributed by atoms with E-state index in [0.29, 0.717) is 12.3 Å². The molecule has 2 spiro atoms. The Bertz CT molecular complexity index is 1190. The first-order chi connectivity index (χ1) is 21.9. The monoisotopic (exact) mass is 668 g/mol. The van der Waals surface area contributed by atoms with Crippen molar-refractivity contribution in [2.75, 3.05) is 19.8 Å². The van der Waals surface area contributed by atoms with Crippen LogP contribution in [0.2, 0.25) is 0 Å². The Hall–Kier alpha value is -0.730. The van der Waals surface area contributed by atoms with Gasteiger partial charge >= 0.3 is 0 Å². The van der Waals surface area contributed by atoms with Crippen LogP contribution in [0.25, 0.3) is 0 Å². The third-order valence-corrected chi connectivity index (χ3v) is 15.8. The fraction of sp³-hybridized carbons (Fsp3) is 0.972. The second kappa shape index (κ2) is 11.9. The highest BCUT2D eigenvalue weighted by Gasteiger charge is 2.81. The topological polar surface area (TPSA) is 197 Å². The van der Waals surface area contributed by atoms with E-state index in [4.69, 9.17) is 9.47 Å². The maximum Gasteiger partial charge on any atom is 0.186 e. The van der Waals surface area contributed by atoms with Gasteiger partial charge in [0.25, 0.3) is 0 Å². The average molecular weight is 669 g/mol. The van der Waals surface area contributed by atoms with Crippen molar-refractivity contribution < 1.29 is 55.1 Å². The van der Waals surface area contributed by atoms with Gasteiger partial charge in [0.2, 0.25) is 0 Å². The number of ketones is 1. The molecule has 11 nitrogen and oxygen atoms in total. The van der Waals surface area contributed by atoms with Crippen LogP contribution in [0.4, 0.5) is 0 Å². The lowest BCUT2D eigenvalue weighted by Gasteiger charge is -2.62. The number of ether oxygens (including phenoxy) is 2. The van der Waals surface area contributed by atoms with Crippen LogP contribution >= 0.6 is 0 Å². The molecule has 6 fully saturated rings. The molecule has 0 aromatic carbocycles. The van der Waals surface area contributed by atoms with Crippen LogP contribution in [0.15, 0.2) is 0 Å². The van der Waals surface area contributed by atoms with Crippen LogP contribution in [-0.2, 0) is 14.3 Å². The molecule has 2 unspecified atom stereocenters. The van der Waals surface area contributed by atoms with E-state index in [9.17, 15) is 45.6 Å². The normalized spacial score (nSPS) is 50.4. The minimum absolute atomic E-state index is 0.0257. The zero-order chi connectivity index (χ0) is 34.5. The van der Waals surface area contributed by atoms with Crippen molar-refractivity contribution in [3.05, 3.63) is 0 Å². The number of aliphatic hydroxyl groups is 8. The zero-order valence-electron chi connectivity index (χ0n) is 28.8. The first-order valence-corrected chi connectivity index (χ1v) is 18.0. The summed E-state index contributed by atoms with van der Waals surface area (Å²) in [6.07, 6.45) is 0.717. The standard InChI is InChI=1S/C36H60O11/c1-19(24(40)14-36(45,18-38)31(2,3)44)21-8-10-33(5)26-7-6-22-20(16-46-30-29(43)28(42)27(41)25(15-37)47-30)23(39)9-11-34(22)17-35(26,34)13-12-32(21,33)4/h19-22,24-30,37-38,40-45H,6-18H2,1-5H3/t19-,20-,21+,22-,24?,25+,26-,27+,28-,29+,30+,32+,33-,34+,35-,36?/m0/s1. The average Bonchev–Trinajstić information content (AvgIpc) is 3.61. The van der Waals surface area contributed by atoms with Crippen molar-refractivity contribution in [3.8, 4) is 0 Å². The summed E-state index contributed by atoms with van der Waals surface area (Å²) in [6, 6.07) is 0. The van der Waals surface area contributed by atoms with Gasteiger partial charge < -0.3 is 50.3 Å². The molecule has 0 aromatic heterocycles. The van der Waals surface area contributed by atoms with Gasteiger partial charge in [-0.2, -0.15) is 0 Å². The Balaban J connectivity index is 1.18. The molecule has 0 aromatic rings. The van der Waals surface area contributed by atoms with Gasteiger partial charge in [-0.05, 0) is 111 Å². The van der Waals surface area contributed by atoms with Crippen LogP contribution in [0.5, 0.6) is 0 Å². The Morgan fingerprint density at radius 3 is 2.28 bits per heavy atom. The van der Waals surface area contributed by atoms with E-state index in [2.05, 4.69) is 20.8 Å². The Kier molecular flexibility index (Phi) is 9.15. The first kappa shape index (κ1) is 36.1. The largest absolute Gasteiger partial charge is 0.394 e. The number of carbonyl (C=O) groups is 1. The number of hydrogen-bond donors (Lipinski definition) is 8. The van der Waals surface area contributed by atoms with Crippen molar-refractivity contribution >= 4 is 5.78 Å². The van der Waals surface area contributed by atoms with Crippen molar-refractivity contribution in [1.82, 2.24) is 0 Å². The summed E-state index contributed by atoms with van der Waals surface area (Å²) in [6.45, 7) is 8.72. The minimum Gasteiger partial charge on any atom is -0.394 e. The molecule has 47 heavy (non-hydrogen) atoms. The lowest BCUT2D eigenvalue weighted by molar-refractivity contribution is -0.304. The number of hydrogen-bond acceptors (Lipinski definition) is 11. The van der Waals surface area contributed by atoms with Crippen molar-refractivity contribution in [2.45, 2.75) is 147 Å². The summed E-state index contributed by atoms with van der Waals surface area (Å²) in [7, 11) is 0. The fourth-order valence-corrected chi connectivity index (χ4v) is 12.5. The van der Waals surface area contributed by atoms with Crippen LogP contribution in [0.1, 0.15) is 98.8 Å². The molecule has 8 N–H and O–H groups in total. The third-order valence-electron chi connectivity index (χ3n) is 15.8. The van der Waals surface area contributed by atoms with Gasteiger partial charge in [-0.3, -0.25) is 4.79 Å². The molecule has 1 saturated heterocycles. The van der Waals surface area contributed by atoms with Crippen LogP contribution in [0.3, 0.4) is 0 Å². The van der Waals surface area contributed by atoms with Gasteiger partial charge in [0, 0.05) is 18.8 Å². The van der Waals surface area contributed by atoms with Gasteiger partial charge in [0.1, 0.15) is 35.8 Å². The van der Waals surface area contributed by atoms with Crippen molar-refractivity contribution in [3.63, 3.8) is 0 Å². The zero-order valence-corrected chi connectivity index (χ0v) is 28.8. The van der Waals surface area contributed by atoms with Crippen LogP contribution in [0, 0.1) is 51.2 Å². The Morgan fingerprint density at radius 2 is 1.64 bits per heavy atom. The maximum atomic E-state index is 13.4. The molecule has 5 saturated carbocycles. The van der Waals surface area contributed by atoms with Gasteiger partial charge in [-0.15, -0.1) is 0 Å². The van der Waals surface area contributed by atoms with Crippen LogP contribution < -0.4 is 0 Å². The first-order valence-electron chi connectivity index (χ1n) is 18.0. The summed E-state index contributed by atoms with van der Waals surface area (Å²) in [4.78, 5) is 13.4. The second-order valence-corrected chi connectivity index (χ2v) is 17.7. The summed E-state index contributed by atoms with van der Waals surface area (Å²) in [5.74, 6) is 0.570. The highest BCUT2D eigenvalue weighted by atomic mass is 16.7. The molecule has 0 bridgehead atoms. The molecule has 6 aliphatic rings. The SMILES string of the molecule is C[C@H](C(O)CC(O)(CO)C(C)(C)O)[C@H]1CC[C@@]2(C)[C@@H]3CC[C@H]4[C@H](CO[C@@H]5O[C@H](CO)[C@@H](O)[C@H](O)[C@H]5O)C(=O)CC[C@@]45C[C@@]35CC[C@]12C. The molecule has 0 radical (unpaired) electrons. The quantitative estimate of drug-likeness (QED) is 0.167. The van der Waals surface area contributed by atoms with E-state index >= 15 is 0 Å². The number of rotatable bonds is 10. The second-order valence-electron chi connectivity index (χ2n) is 17.7. The molecule has 270 valence electrons. The Morgan fingerprint density at radius 1 is 0.936 bits per heavy atom. The van der Waals surface area contributed by atoms with Crippen molar-refractivity contribution in [2.24, 2.45) is 51.2 Å². The molecule has 6 rings (SSSR count). The number of Topliss-reactive ketones (excluding diaryl/α,β-unsaturated/α-hetero) is 1. The molecule has 11 heteroatoms. The Labute approximate surface area is 278 Å². The fourth-order valence-electron chi connectivity index (χ4n) is 12.5. The molecular weight excluding hydrogens is 608 g/mol. The summed E-state index contributed by atoms with van der Waals surface area (Å²) >= 11 is 0. The molecule has 16 atom stereocenters. The predicted molar refractivity (Wildman–Crippen MR) is 169 cm³/mol. The lowest BCUT2D eigenvalue weighted by Crippen LogP contribution is -2.59. The molecular formula is C36H60O11. The molecule has 0 amide bonds. The summed E-state index contributed by atoms with van der Waals surface area (Å²) in [5.41, 5.74) is -3.13. The maximum absolute atomic E-state index is 13.4. The smallest absolute Gasteiger partial charge is 0.186 e. The number of fused-ring (bicyclic) bond motifs is 2. The highest BCUT2D eigenvalue weighted by Crippen LogP contribution is 2.88. The molecule has 1 heterocycles. The van der Waals surface area contributed by atoms with E-state index < -0.39 is 61.2 Å². The van der Waals surface area contributed by atoms with E-state index in [0.717, 1.165) is 51.4 Å². The van der Waals surface area contributed by atoms with E-state index in [1.54, 1.807) is 0 Å². The third kappa shape index (κ3) is 5.07. The summed E-state index contributed by atoms with van der Waals surface area (Å²) in [5, 5.41) is 83.5. The molecule has 5 aliphatic carbocycles. The van der Waals surface area contributed by atoms with Gasteiger partial charge in [0.15, 0.2) is 6.29 Å². The highest BCUT2D eigenvalue weighted by molar-refractivity contribution is 5.83. The van der Waals surface area contributed by atoms with Gasteiger partial charge in [-0.1, -0.05) is 20.8 Å². The van der Waals surface area contributed by atoms with E-state index in [1.165, 1.54) is 13.8 Å². The van der Waals surface area contributed by atoms with E-state index in [-0.39, 0.29) is 64.1 Å². The van der Waals surface area contributed by atoms with Gasteiger partial charge in [-0.25, -0.2) is 0 Å². The number of aliphatic hydroxyl groups excluding tert-OH is 6. The van der Waals surface area contributed by atoms with Crippen molar-refractivity contribution in [1.29, 1.82) is 0 Å². The number of carbonyl (C=O) groups excluding carboxylic acids is 1. The van der Waals surface area contributed by atoms with Gasteiger partial charge in [0.05, 0.1) is 31.5 Å². The van der Waals surface area contributed by atoms with Crippen LogP contribution in [-0.4, -0.2) is 114 Å². The molecule has 1 aliphatic heterocycles. The van der Waals surface area contributed by atoms with E-state index in [1.807, 2.05) is 0 Å². The minimum atomic E-state index is -1.81. The predicted octanol–water partition coefficient (Wildman–Crippen LogP) is 1.28.